The predicted molar refractivity (Wildman–Crippen MR) is 87.2 cm³/mol. The van der Waals surface area contributed by atoms with E-state index in [0.717, 1.165) is 12.8 Å². The number of nitrogens with zero attached hydrogens (tertiary/aromatic N) is 2. The molecule has 2 heterocycles. The minimum absolute atomic E-state index is 0. The molecule has 2 rings (SSSR count). The molecule has 8 heteroatoms. The second-order valence-corrected chi connectivity index (χ2v) is 5.90. The van der Waals surface area contributed by atoms with Gasteiger partial charge in [0.05, 0.1) is 25.0 Å². The smallest absolute Gasteiger partial charge is 0.310 e. The van der Waals surface area contributed by atoms with E-state index >= 15 is 0 Å². The van der Waals surface area contributed by atoms with Gasteiger partial charge in [-0.2, -0.15) is 0 Å². The molecular formula is C15H26ClN3O4. The van der Waals surface area contributed by atoms with Gasteiger partial charge in [-0.25, -0.2) is 0 Å². The van der Waals surface area contributed by atoms with Crippen LogP contribution < -0.4 is 5.32 Å². The molecule has 0 bridgehead atoms. The summed E-state index contributed by atoms with van der Waals surface area (Å²) in [6, 6.07) is -0.450. The van der Waals surface area contributed by atoms with Gasteiger partial charge in [-0.3, -0.25) is 14.4 Å². The Morgan fingerprint density at radius 2 is 2.09 bits per heavy atom. The Labute approximate surface area is 143 Å². The summed E-state index contributed by atoms with van der Waals surface area (Å²) in [6.45, 7) is 4.54. The van der Waals surface area contributed by atoms with E-state index in [1.807, 2.05) is 0 Å². The molecule has 1 N–H and O–H groups in total. The van der Waals surface area contributed by atoms with Crippen LogP contribution in [0.3, 0.4) is 0 Å². The molecule has 0 radical (unpaired) electrons. The molecule has 2 fully saturated rings. The summed E-state index contributed by atoms with van der Waals surface area (Å²) in [5.74, 6) is -0.587. The number of amides is 2. The highest BCUT2D eigenvalue weighted by Gasteiger charge is 2.33. The van der Waals surface area contributed by atoms with Crippen LogP contribution in [0.15, 0.2) is 0 Å². The van der Waals surface area contributed by atoms with Gasteiger partial charge in [-0.1, -0.05) is 0 Å². The number of piperazine rings is 1. The second-order valence-electron chi connectivity index (χ2n) is 5.90. The zero-order valence-corrected chi connectivity index (χ0v) is 14.6. The molecule has 2 aliphatic heterocycles. The van der Waals surface area contributed by atoms with Gasteiger partial charge < -0.3 is 19.9 Å². The molecule has 7 nitrogen and oxygen atoms in total. The number of hydrogen-bond acceptors (Lipinski definition) is 5. The van der Waals surface area contributed by atoms with Gasteiger partial charge in [0.15, 0.2) is 0 Å². The quantitative estimate of drug-likeness (QED) is 0.726. The summed E-state index contributed by atoms with van der Waals surface area (Å²) in [5, 5.41) is 3.09. The lowest BCUT2D eigenvalue weighted by molar-refractivity contribution is -0.152. The van der Waals surface area contributed by atoms with E-state index in [1.54, 1.807) is 23.8 Å². The number of carbonyl (C=O) groups excluding carboxylic acids is 3. The zero-order valence-electron chi connectivity index (χ0n) is 13.7. The van der Waals surface area contributed by atoms with Gasteiger partial charge in [-0.15, -0.1) is 12.4 Å². The first-order valence-electron chi connectivity index (χ1n) is 7.95. The van der Waals surface area contributed by atoms with E-state index in [9.17, 15) is 14.4 Å². The van der Waals surface area contributed by atoms with E-state index < -0.39 is 6.04 Å². The Morgan fingerprint density at radius 3 is 2.78 bits per heavy atom. The molecule has 2 atom stereocenters. The molecule has 2 saturated heterocycles. The zero-order chi connectivity index (χ0) is 16.1. The van der Waals surface area contributed by atoms with Crippen LogP contribution in [0.1, 0.15) is 26.2 Å². The van der Waals surface area contributed by atoms with Crippen LogP contribution >= 0.6 is 12.4 Å². The third-order valence-corrected chi connectivity index (χ3v) is 4.29. The summed E-state index contributed by atoms with van der Waals surface area (Å²) in [5.41, 5.74) is 0. The maximum absolute atomic E-state index is 12.4. The lowest BCUT2D eigenvalue weighted by atomic mass is 9.97. The van der Waals surface area contributed by atoms with Crippen molar-refractivity contribution in [1.82, 2.24) is 15.1 Å². The van der Waals surface area contributed by atoms with Gasteiger partial charge >= 0.3 is 5.97 Å². The number of nitrogens with one attached hydrogen (secondary N) is 1. The highest BCUT2D eigenvalue weighted by molar-refractivity contribution is 5.89. The van der Waals surface area contributed by atoms with E-state index in [0.29, 0.717) is 32.8 Å². The van der Waals surface area contributed by atoms with Crippen LogP contribution in [0.2, 0.25) is 0 Å². The lowest BCUT2D eigenvalue weighted by Crippen LogP contribution is -2.55. The fourth-order valence-corrected chi connectivity index (χ4v) is 2.99. The van der Waals surface area contributed by atoms with Crippen molar-refractivity contribution in [3.8, 4) is 0 Å². The SMILES string of the molecule is CCOC(=O)C1CCCN(C(=O)CC2NCCN(C)C2=O)C1.Cl. The second kappa shape index (κ2) is 9.08. The van der Waals surface area contributed by atoms with Crippen molar-refractivity contribution in [2.45, 2.75) is 32.2 Å². The molecule has 0 spiro atoms. The Morgan fingerprint density at radius 1 is 1.35 bits per heavy atom. The largest absolute Gasteiger partial charge is 0.466 e. The molecular weight excluding hydrogens is 322 g/mol. The van der Waals surface area contributed by atoms with Crippen molar-refractivity contribution in [2.75, 3.05) is 39.8 Å². The average molecular weight is 348 g/mol. The van der Waals surface area contributed by atoms with E-state index in [4.69, 9.17) is 4.74 Å². The third kappa shape index (κ3) is 5.07. The number of likely N-dealkylation sites (tertiary alicyclic amines) is 1. The van der Waals surface area contributed by atoms with Crippen LogP contribution in [0.5, 0.6) is 0 Å². The fourth-order valence-electron chi connectivity index (χ4n) is 2.99. The molecule has 0 aromatic rings. The predicted octanol–water partition coefficient (Wildman–Crippen LogP) is 0.0302. The maximum atomic E-state index is 12.4. The number of ether oxygens (including phenoxy) is 1. The molecule has 0 aromatic carbocycles. The van der Waals surface area contributed by atoms with E-state index in [1.165, 1.54) is 0 Å². The standard InChI is InChI=1S/C15H25N3O4.ClH/c1-3-22-15(21)11-5-4-7-18(10-11)13(19)9-12-14(20)17(2)8-6-16-12;/h11-12,16H,3-10H2,1-2H3;1H. The molecule has 0 aromatic heterocycles. The van der Waals surface area contributed by atoms with Crippen LogP contribution in [0.4, 0.5) is 0 Å². The first kappa shape index (κ1) is 19.7. The van der Waals surface area contributed by atoms with Gasteiger partial charge in [0.2, 0.25) is 11.8 Å². The average Bonchev–Trinajstić information content (AvgIpc) is 2.52. The summed E-state index contributed by atoms with van der Waals surface area (Å²) >= 11 is 0. The van der Waals surface area contributed by atoms with Crippen LogP contribution in [-0.4, -0.2) is 73.5 Å². The number of esters is 1. The lowest BCUT2D eigenvalue weighted by Gasteiger charge is -2.34. The Kier molecular flexibility index (Phi) is 7.78. The topological polar surface area (TPSA) is 79.0 Å². The Balaban J connectivity index is 0.00000264. The van der Waals surface area contributed by atoms with Crippen LogP contribution in [0, 0.1) is 5.92 Å². The third-order valence-electron chi connectivity index (χ3n) is 4.29. The van der Waals surface area contributed by atoms with Crippen molar-refractivity contribution >= 4 is 30.2 Å². The summed E-state index contributed by atoms with van der Waals surface area (Å²) < 4.78 is 5.04. The number of halogens is 1. The highest BCUT2D eigenvalue weighted by Crippen LogP contribution is 2.19. The molecule has 132 valence electrons. The van der Waals surface area contributed by atoms with Crippen molar-refractivity contribution < 1.29 is 19.1 Å². The summed E-state index contributed by atoms with van der Waals surface area (Å²) in [7, 11) is 1.75. The molecule has 0 saturated carbocycles. The monoisotopic (exact) mass is 347 g/mol. The van der Waals surface area contributed by atoms with Gasteiger partial charge in [0, 0.05) is 33.2 Å². The normalized spacial score (nSPS) is 24.9. The van der Waals surface area contributed by atoms with E-state index in [-0.39, 0.29) is 42.5 Å². The van der Waals surface area contributed by atoms with Gasteiger partial charge in [0.25, 0.3) is 0 Å². The summed E-state index contributed by atoms with van der Waals surface area (Å²) in [6.07, 6.45) is 1.70. The number of likely N-dealkylation sites (N-methyl/N-ethyl adjacent to an activating group) is 1. The number of hydrogen-bond donors (Lipinski definition) is 1. The Bertz CT molecular complexity index is 446. The van der Waals surface area contributed by atoms with Crippen molar-refractivity contribution in [1.29, 1.82) is 0 Å². The molecule has 2 unspecified atom stereocenters. The first-order chi connectivity index (χ1) is 10.5. The number of rotatable bonds is 4. The van der Waals surface area contributed by atoms with Crippen molar-refractivity contribution in [2.24, 2.45) is 5.92 Å². The highest BCUT2D eigenvalue weighted by atomic mass is 35.5. The van der Waals surface area contributed by atoms with Crippen LogP contribution in [0.25, 0.3) is 0 Å². The maximum Gasteiger partial charge on any atom is 0.310 e. The summed E-state index contributed by atoms with van der Waals surface area (Å²) in [4.78, 5) is 39.6. The Hall–Kier alpha value is -1.34. The first-order valence-corrected chi connectivity index (χ1v) is 7.95. The molecule has 23 heavy (non-hydrogen) atoms. The fraction of sp³-hybridized carbons (Fsp3) is 0.800. The molecule has 2 aliphatic rings. The number of piperidine rings is 1. The van der Waals surface area contributed by atoms with Crippen LogP contribution in [-0.2, 0) is 19.1 Å². The van der Waals surface area contributed by atoms with Gasteiger partial charge in [-0.05, 0) is 19.8 Å². The van der Waals surface area contributed by atoms with Gasteiger partial charge in [0.1, 0.15) is 0 Å². The minimum Gasteiger partial charge on any atom is -0.466 e. The van der Waals surface area contributed by atoms with Crippen molar-refractivity contribution in [3.63, 3.8) is 0 Å². The van der Waals surface area contributed by atoms with Crippen molar-refractivity contribution in [3.05, 3.63) is 0 Å². The van der Waals surface area contributed by atoms with E-state index in [2.05, 4.69) is 5.32 Å². The molecule has 0 aliphatic carbocycles. The minimum atomic E-state index is -0.450. The molecule has 2 amide bonds. The number of carbonyl (C=O) groups is 3.